The number of hydrogen-bond acceptors (Lipinski definition) is 9. The Labute approximate surface area is 253 Å². The summed E-state index contributed by atoms with van der Waals surface area (Å²) in [6.07, 6.45) is 0. The zero-order chi connectivity index (χ0) is 31.2. The van der Waals surface area contributed by atoms with E-state index in [1.807, 2.05) is 48.5 Å². The maximum absolute atomic E-state index is 11.4. The number of azo groups is 2. The van der Waals surface area contributed by atoms with Crippen molar-refractivity contribution in [1.82, 2.24) is 0 Å². The zero-order valence-electron chi connectivity index (χ0n) is 22.8. The van der Waals surface area contributed by atoms with Crippen molar-refractivity contribution in [2.75, 3.05) is 0 Å². The summed E-state index contributed by atoms with van der Waals surface area (Å²) in [6, 6.07) is 37.7. The molecule has 0 aliphatic carbocycles. The molecule has 0 fully saturated rings. The molecule has 0 saturated heterocycles. The average Bonchev–Trinajstić information content (AvgIpc) is 3.02. The molecular weight excluding hydrogens is 601 g/mol. The largest absolute Gasteiger partial charge is 0.744 e. The third kappa shape index (κ3) is 7.62. The second kappa shape index (κ2) is 13.0. The van der Waals surface area contributed by atoms with E-state index in [2.05, 4.69) is 20.5 Å². The van der Waals surface area contributed by atoms with Gasteiger partial charge in [-0.1, -0.05) is 78.9 Å². The second-order valence-corrected chi connectivity index (χ2v) is 12.1. The minimum absolute atomic E-state index is 0.142. The van der Waals surface area contributed by atoms with Crippen molar-refractivity contribution in [3.8, 4) is 0 Å². The SMILES string of the molecule is O=S(=O)(O)c1ccc2c(N=Nc3ccccc3)cccc2c1.O=S(=O)([O-])c1cc(N=Nc2ccccc2)cc2ccccc12. The topological polar surface area (TPSA) is 161 Å². The molecule has 0 spiro atoms. The first-order valence-electron chi connectivity index (χ1n) is 13.0. The van der Waals surface area contributed by atoms with Gasteiger partial charge in [-0.2, -0.15) is 23.8 Å². The molecule has 0 heterocycles. The summed E-state index contributed by atoms with van der Waals surface area (Å²) in [4.78, 5) is -0.426. The predicted molar refractivity (Wildman–Crippen MR) is 167 cm³/mol. The van der Waals surface area contributed by atoms with Crippen molar-refractivity contribution in [3.63, 3.8) is 0 Å². The molecule has 0 saturated carbocycles. The maximum Gasteiger partial charge on any atom is 0.294 e. The van der Waals surface area contributed by atoms with Crippen LogP contribution in [0.5, 0.6) is 0 Å². The highest BCUT2D eigenvalue weighted by Gasteiger charge is 2.11. The van der Waals surface area contributed by atoms with Crippen molar-refractivity contribution in [1.29, 1.82) is 0 Å². The molecular formula is C32H23N4O6S2-. The van der Waals surface area contributed by atoms with Crippen LogP contribution in [0.1, 0.15) is 0 Å². The first kappa shape index (κ1) is 30.3. The van der Waals surface area contributed by atoms with Gasteiger partial charge in [-0.15, -0.1) is 5.11 Å². The lowest BCUT2D eigenvalue weighted by molar-refractivity contribution is 0.464. The summed E-state index contributed by atoms with van der Waals surface area (Å²) in [5.74, 6) is 0. The molecule has 0 aliphatic rings. The fourth-order valence-corrected chi connectivity index (χ4v) is 5.47. The summed E-state index contributed by atoms with van der Waals surface area (Å²) >= 11 is 0. The minimum atomic E-state index is -4.59. The Balaban J connectivity index is 0.000000175. The Morgan fingerprint density at radius 1 is 0.500 bits per heavy atom. The second-order valence-electron chi connectivity index (χ2n) is 9.33. The Kier molecular flexibility index (Phi) is 8.97. The van der Waals surface area contributed by atoms with Gasteiger partial charge in [0, 0.05) is 5.39 Å². The fraction of sp³-hybridized carbons (Fsp3) is 0. The van der Waals surface area contributed by atoms with E-state index in [0.717, 1.165) is 11.1 Å². The lowest BCUT2D eigenvalue weighted by atomic mass is 10.1. The van der Waals surface area contributed by atoms with E-state index >= 15 is 0 Å². The number of rotatable bonds is 6. The molecule has 6 aromatic rings. The number of benzene rings is 6. The van der Waals surface area contributed by atoms with Crippen molar-refractivity contribution in [2.45, 2.75) is 9.79 Å². The maximum atomic E-state index is 11.4. The summed E-state index contributed by atoms with van der Waals surface area (Å²) in [6.45, 7) is 0. The van der Waals surface area contributed by atoms with Crippen molar-refractivity contribution < 1.29 is 25.9 Å². The van der Waals surface area contributed by atoms with Crippen LogP contribution in [0.25, 0.3) is 21.5 Å². The van der Waals surface area contributed by atoms with E-state index in [4.69, 9.17) is 4.55 Å². The standard InChI is InChI=1S/2C16H12N2O3S/c19-22(20,21)16-11-14(10-12-6-4-5-9-15(12)16)18-17-13-7-2-1-3-8-13;19-22(20,21)14-9-10-15-12(11-14)5-4-8-16(15)18-17-13-6-2-1-3-7-13/h2*1-11H,(H,19,20,21)/p-1. The van der Waals surface area contributed by atoms with Crippen LogP contribution in [0.15, 0.2) is 164 Å². The molecule has 44 heavy (non-hydrogen) atoms. The van der Waals surface area contributed by atoms with Crippen LogP contribution >= 0.6 is 0 Å². The quantitative estimate of drug-likeness (QED) is 0.144. The Hall–Kier alpha value is -5.14. The summed E-state index contributed by atoms with van der Waals surface area (Å²) in [5.41, 5.74) is 2.32. The van der Waals surface area contributed by atoms with Crippen LogP contribution < -0.4 is 0 Å². The van der Waals surface area contributed by atoms with Crippen LogP contribution in [-0.4, -0.2) is 25.9 Å². The zero-order valence-corrected chi connectivity index (χ0v) is 24.4. The van der Waals surface area contributed by atoms with Gasteiger partial charge < -0.3 is 4.55 Å². The van der Waals surface area contributed by atoms with E-state index in [9.17, 15) is 21.4 Å². The molecule has 0 radical (unpaired) electrons. The van der Waals surface area contributed by atoms with Gasteiger partial charge in [0.25, 0.3) is 10.1 Å². The van der Waals surface area contributed by atoms with E-state index in [1.54, 1.807) is 66.7 Å². The molecule has 0 aliphatic heterocycles. The Morgan fingerprint density at radius 2 is 1.05 bits per heavy atom. The lowest BCUT2D eigenvalue weighted by Crippen LogP contribution is -1.99. The highest BCUT2D eigenvalue weighted by Crippen LogP contribution is 2.31. The predicted octanol–water partition coefficient (Wildman–Crippen LogP) is 8.66. The smallest absolute Gasteiger partial charge is 0.294 e. The lowest BCUT2D eigenvalue weighted by Gasteiger charge is -2.11. The molecule has 0 atom stereocenters. The molecule has 10 nitrogen and oxygen atoms in total. The Morgan fingerprint density at radius 3 is 1.68 bits per heavy atom. The molecule has 0 aromatic heterocycles. The van der Waals surface area contributed by atoms with Crippen molar-refractivity contribution in [2.24, 2.45) is 20.5 Å². The van der Waals surface area contributed by atoms with E-state index in [0.29, 0.717) is 33.2 Å². The van der Waals surface area contributed by atoms with Crippen LogP contribution in [0.3, 0.4) is 0 Å². The molecule has 1 N–H and O–H groups in total. The molecule has 220 valence electrons. The monoisotopic (exact) mass is 623 g/mol. The van der Waals surface area contributed by atoms with Gasteiger partial charge in [0.2, 0.25) is 0 Å². The summed E-state index contributed by atoms with van der Waals surface area (Å²) in [5, 5.41) is 18.9. The molecule has 0 amide bonds. The van der Waals surface area contributed by atoms with Gasteiger partial charge in [0.15, 0.2) is 0 Å². The minimum Gasteiger partial charge on any atom is -0.744 e. The van der Waals surface area contributed by atoms with Gasteiger partial charge in [0.1, 0.15) is 10.1 Å². The van der Waals surface area contributed by atoms with Gasteiger partial charge in [-0.3, -0.25) is 4.55 Å². The molecule has 6 aromatic carbocycles. The van der Waals surface area contributed by atoms with Gasteiger partial charge in [-0.05, 0) is 70.8 Å². The van der Waals surface area contributed by atoms with Crippen LogP contribution in [0.2, 0.25) is 0 Å². The van der Waals surface area contributed by atoms with Crippen molar-refractivity contribution >= 4 is 64.5 Å². The average molecular weight is 624 g/mol. The molecule has 0 bridgehead atoms. The summed E-state index contributed by atoms with van der Waals surface area (Å²) < 4.78 is 65.8. The van der Waals surface area contributed by atoms with Crippen LogP contribution in [0.4, 0.5) is 22.7 Å². The van der Waals surface area contributed by atoms with E-state index in [1.165, 1.54) is 18.2 Å². The highest BCUT2D eigenvalue weighted by atomic mass is 32.2. The van der Waals surface area contributed by atoms with Gasteiger partial charge in [0.05, 0.1) is 32.5 Å². The van der Waals surface area contributed by atoms with E-state index < -0.39 is 20.2 Å². The number of hydrogen-bond donors (Lipinski definition) is 1. The van der Waals surface area contributed by atoms with Gasteiger partial charge >= 0.3 is 0 Å². The Bertz CT molecular complexity index is 2220. The first-order valence-corrected chi connectivity index (χ1v) is 15.9. The first-order chi connectivity index (χ1) is 21.1. The highest BCUT2D eigenvalue weighted by molar-refractivity contribution is 7.86. The van der Waals surface area contributed by atoms with Gasteiger partial charge in [-0.25, -0.2) is 8.42 Å². The van der Waals surface area contributed by atoms with E-state index in [-0.39, 0.29) is 9.79 Å². The number of nitrogens with zero attached hydrogens (tertiary/aromatic N) is 4. The molecule has 6 rings (SSSR count). The number of fused-ring (bicyclic) bond motifs is 2. The van der Waals surface area contributed by atoms with Crippen LogP contribution in [0, 0.1) is 0 Å². The van der Waals surface area contributed by atoms with Crippen LogP contribution in [-0.2, 0) is 20.2 Å². The molecule has 0 unspecified atom stereocenters. The van der Waals surface area contributed by atoms with Crippen molar-refractivity contribution in [3.05, 3.63) is 133 Å². The third-order valence-corrected chi connectivity index (χ3v) is 8.00. The molecule has 12 heteroatoms. The third-order valence-electron chi connectivity index (χ3n) is 6.27. The normalized spacial score (nSPS) is 12.0. The fourth-order valence-electron chi connectivity index (χ4n) is 4.23. The summed E-state index contributed by atoms with van der Waals surface area (Å²) in [7, 11) is -8.80.